The molecule has 0 amide bonds. The quantitative estimate of drug-likeness (QED) is 0.920. The van der Waals surface area contributed by atoms with Crippen LogP contribution < -0.4 is 5.73 Å². The molecule has 0 radical (unpaired) electrons. The van der Waals surface area contributed by atoms with Crippen LogP contribution >= 0.6 is 0 Å². The first-order valence-electron chi connectivity index (χ1n) is 7.11. The van der Waals surface area contributed by atoms with E-state index in [-0.39, 0.29) is 5.92 Å². The molecule has 0 saturated heterocycles. The fraction of sp³-hybridized carbons (Fsp3) is 0.571. The van der Waals surface area contributed by atoms with Crippen LogP contribution in [0.5, 0.6) is 0 Å². The van der Waals surface area contributed by atoms with Crippen molar-refractivity contribution >= 4 is 0 Å². The zero-order valence-corrected chi connectivity index (χ0v) is 11.6. The standard InChI is InChI=1S/C14H19N5O/c1-9-16-7-6-12(17-9)13-18-14(20-19-13)11-5-3-2-4-10(11)8-15/h6-7,10-11H,2-5,8,15H2,1H3. The number of aryl methyl sites for hydroxylation is 1. The van der Waals surface area contributed by atoms with Crippen LogP contribution in [-0.4, -0.2) is 26.7 Å². The van der Waals surface area contributed by atoms with Crippen LogP contribution in [-0.2, 0) is 0 Å². The Morgan fingerprint density at radius 1 is 1.30 bits per heavy atom. The summed E-state index contributed by atoms with van der Waals surface area (Å²) in [5.41, 5.74) is 6.56. The summed E-state index contributed by atoms with van der Waals surface area (Å²) < 4.78 is 5.45. The van der Waals surface area contributed by atoms with Gasteiger partial charge in [-0.2, -0.15) is 4.98 Å². The molecule has 2 aromatic rings. The van der Waals surface area contributed by atoms with Crippen molar-refractivity contribution in [2.75, 3.05) is 6.54 Å². The molecule has 20 heavy (non-hydrogen) atoms. The monoisotopic (exact) mass is 273 g/mol. The molecule has 1 fully saturated rings. The van der Waals surface area contributed by atoms with E-state index in [0.717, 1.165) is 12.8 Å². The third-order valence-electron chi connectivity index (χ3n) is 3.98. The minimum Gasteiger partial charge on any atom is -0.339 e. The van der Waals surface area contributed by atoms with E-state index in [9.17, 15) is 0 Å². The van der Waals surface area contributed by atoms with Gasteiger partial charge in [-0.15, -0.1) is 0 Å². The molecular weight excluding hydrogens is 254 g/mol. The number of nitrogens with zero attached hydrogens (tertiary/aromatic N) is 4. The van der Waals surface area contributed by atoms with Gasteiger partial charge >= 0.3 is 0 Å². The maximum Gasteiger partial charge on any atom is 0.230 e. The molecule has 106 valence electrons. The van der Waals surface area contributed by atoms with Crippen molar-refractivity contribution in [3.8, 4) is 11.5 Å². The largest absolute Gasteiger partial charge is 0.339 e. The predicted octanol–water partition coefficient (Wildman–Crippen LogP) is 2.07. The van der Waals surface area contributed by atoms with Gasteiger partial charge in [0, 0.05) is 12.1 Å². The molecule has 3 rings (SSSR count). The van der Waals surface area contributed by atoms with Crippen molar-refractivity contribution in [1.29, 1.82) is 0 Å². The number of aromatic nitrogens is 4. The summed E-state index contributed by atoms with van der Waals surface area (Å²) in [5, 5.41) is 4.05. The molecule has 0 spiro atoms. The smallest absolute Gasteiger partial charge is 0.230 e. The van der Waals surface area contributed by atoms with Crippen LogP contribution in [0.15, 0.2) is 16.8 Å². The van der Waals surface area contributed by atoms with E-state index in [1.54, 1.807) is 12.3 Å². The lowest BCUT2D eigenvalue weighted by atomic mass is 9.79. The third kappa shape index (κ3) is 2.56. The zero-order valence-electron chi connectivity index (χ0n) is 11.6. The van der Waals surface area contributed by atoms with E-state index in [0.29, 0.717) is 35.7 Å². The molecule has 0 aliphatic heterocycles. The van der Waals surface area contributed by atoms with Gasteiger partial charge in [0.15, 0.2) is 0 Å². The predicted molar refractivity (Wildman–Crippen MR) is 73.8 cm³/mol. The van der Waals surface area contributed by atoms with Crippen LogP contribution in [0.3, 0.4) is 0 Å². The van der Waals surface area contributed by atoms with Gasteiger partial charge in [-0.25, -0.2) is 9.97 Å². The van der Waals surface area contributed by atoms with E-state index in [1.165, 1.54) is 12.8 Å². The molecule has 2 aromatic heterocycles. The number of hydrogen-bond acceptors (Lipinski definition) is 6. The van der Waals surface area contributed by atoms with Crippen LogP contribution in [0.4, 0.5) is 0 Å². The molecule has 1 saturated carbocycles. The van der Waals surface area contributed by atoms with Crippen LogP contribution in [0.25, 0.3) is 11.5 Å². The Balaban J connectivity index is 1.86. The van der Waals surface area contributed by atoms with Gasteiger partial charge in [-0.1, -0.05) is 18.0 Å². The Bertz CT molecular complexity index is 582. The van der Waals surface area contributed by atoms with E-state index >= 15 is 0 Å². The highest BCUT2D eigenvalue weighted by Crippen LogP contribution is 2.36. The molecule has 2 N–H and O–H groups in total. The Labute approximate surface area is 117 Å². The first-order chi connectivity index (χ1) is 9.78. The molecule has 2 unspecified atom stereocenters. The van der Waals surface area contributed by atoms with Crippen molar-refractivity contribution in [3.05, 3.63) is 24.0 Å². The highest BCUT2D eigenvalue weighted by molar-refractivity contribution is 5.47. The fourth-order valence-corrected chi connectivity index (χ4v) is 2.89. The SMILES string of the molecule is Cc1nccc(-c2noc(C3CCCCC3CN)n2)n1. The summed E-state index contributed by atoms with van der Waals surface area (Å²) in [4.78, 5) is 12.9. The van der Waals surface area contributed by atoms with Gasteiger partial charge in [0.1, 0.15) is 11.5 Å². The molecule has 2 atom stereocenters. The highest BCUT2D eigenvalue weighted by atomic mass is 16.5. The van der Waals surface area contributed by atoms with Gasteiger partial charge in [-0.3, -0.25) is 0 Å². The summed E-state index contributed by atoms with van der Waals surface area (Å²) in [7, 11) is 0. The third-order valence-corrected chi connectivity index (χ3v) is 3.98. The number of rotatable bonds is 3. The normalized spacial score (nSPS) is 22.9. The van der Waals surface area contributed by atoms with Gasteiger partial charge < -0.3 is 10.3 Å². The summed E-state index contributed by atoms with van der Waals surface area (Å²) in [6.07, 6.45) is 6.37. The van der Waals surface area contributed by atoms with Crippen molar-refractivity contribution < 1.29 is 4.52 Å². The maximum atomic E-state index is 5.86. The molecule has 6 heteroatoms. The van der Waals surface area contributed by atoms with Crippen LogP contribution in [0, 0.1) is 12.8 Å². The van der Waals surface area contributed by atoms with E-state index in [4.69, 9.17) is 10.3 Å². The second-order valence-electron chi connectivity index (χ2n) is 5.33. The Kier molecular flexibility index (Phi) is 3.73. The van der Waals surface area contributed by atoms with E-state index in [2.05, 4.69) is 20.1 Å². The molecule has 0 bridgehead atoms. The zero-order chi connectivity index (χ0) is 13.9. The lowest BCUT2D eigenvalue weighted by Crippen LogP contribution is -2.25. The lowest BCUT2D eigenvalue weighted by Gasteiger charge is -2.27. The van der Waals surface area contributed by atoms with E-state index < -0.39 is 0 Å². The topological polar surface area (TPSA) is 90.7 Å². The Morgan fingerprint density at radius 3 is 2.95 bits per heavy atom. The van der Waals surface area contributed by atoms with Crippen LogP contribution in [0.2, 0.25) is 0 Å². The minimum absolute atomic E-state index is 0.290. The second-order valence-corrected chi connectivity index (χ2v) is 5.33. The number of nitrogens with two attached hydrogens (primary N) is 1. The lowest BCUT2D eigenvalue weighted by molar-refractivity contribution is 0.249. The summed E-state index contributed by atoms with van der Waals surface area (Å²) in [5.74, 6) is 2.67. The average molecular weight is 273 g/mol. The molecule has 2 heterocycles. The van der Waals surface area contributed by atoms with Gasteiger partial charge in [0.05, 0.1) is 0 Å². The first-order valence-corrected chi connectivity index (χ1v) is 7.11. The van der Waals surface area contributed by atoms with E-state index in [1.807, 2.05) is 6.92 Å². The minimum atomic E-state index is 0.290. The molecule has 6 nitrogen and oxygen atoms in total. The Morgan fingerprint density at radius 2 is 2.15 bits per heavy atom. The fourth-order valence-electron chi connectivity index (χ4n) is 2.89. The second kappa shape index (κ2) is 5.66. The molecule has 1 aliphatic carbocycles. The maximum absolute atomic E-state index is 5.86. The molecular formula is C14H19N5O. The molecule has 0 aromatic carbocycles. The first kappa shape index (κ1) is 13.2. The van der Waals surface area contributed by atoms with Crippen molar-refractivity contribution in [2.24, 2.45) is 11.7 Å². The summed E-state index contributed by atoms with van der Waals surface area (Å²) in [6.45, 7) is 2.52. The Hall–Kier alpha value is -1.82. The summed E-state index contributed by atoms with van der Waals surface area (Å²) in [6, 6.07) is 1.79. The van der Waals surface area contributed by atoms with Crippen molar-refractivity contribution in [1.82, 2.24) is 20.1 Å². The number of hydrogen-bond donors (Lipinski definition) is 1. The van der Waals surface area contributed by atoms with Gasteiger partial charge in [0.2, 0.25) is 11.7 Å². The van der Waals surface area contributed by atoms with Crippen molar-refractivity contribution in [2.45, 2.75) is 38.5 Å². The van der Waals surface area contributed by atoms with Crippen LogP contribution in [0.1, 0.15) is 43.3 Å². The summed E-state index contributed by atoms with van der Waals surface area (Å²) >= 11 is 0. The molecule has 1 aliphatic rings. The highest BCUT2D eigenvalue weighted by Gasteiger charge is 2.30. The van der Waals surface area contributed by atoms with Gasteiger partial charge in [0.25, 0.3) is 0 Å². The van der Waals surface area contributed by atoms with Gasteiger partial charge in [-0.05, 0) is 38.3 Å². The average Bonchev–Trinajstić information content (AvgIpc) is 2.97. The van der Waals surface area contributed by atoms with Crippen molar-refractivity contribution in [3.63, 3.8) is 0 Å².